The Hall–Kier alpha value is -3.23. The molecule has 0 spiro atoms. The summed E-state index contributed by atoms with van der Waals surface area (Å²) in [7, 11) is 1.21. The number of halogens is 2. The number of ether oxygens (including phenoxy) is 1. The highest BCUT2D eigenvalue weighted by Crippen LogP contribution is 2.35. The molecule has 0 saturated heterocycles. The van der Waals surface area contributed by atoms with Crippen LogP contribution in [0.4, 0.5) is 15.1 Å². The monoisotopic (exact) mass is 460 g/mol. The van der Waals surface area contributed by atoms with Crippen molar-refractivity contribution in [3.05, 3.63) is 80.4 Å². The largest absolute Gasteiger partial charge is 0.465 e. The van der Waals surface area contributed by atoms with Gasteiger partial charge in [0.2, 0.25) is 0 Å². The SMILES string of the molecule is COC(=O)c1c(NC(=O)c2ccc(F)cc2)sc(C(=O)Nc2ccc(C)c(Cl)c2)c1C. The van der Waals surface area contributed by atoms with Crippen LogP contribution in [0.25, 0.3) is 0 Å². The molecule has 0 aliphatic heterocycles. The molecule has 31 heavy (non-hydrogen) atoms. The number of nitrogens with one attached hydrogen (secondary N) is 2. The van der Waals surface area contributed by atoms with Gasteiger partial charge in [0.1, 0.15) is 10.8 Å². The van der Waals surface area contributed by atoms with Gasteiger partial charge in [0.25, 0.3) is 11.8 Å². The number of hydrogen-bond donors (Lipinski definition) is 2. The van der Waals surface area contributed by atoms with Crippen molar-refractivity contribution in [2.24, 2.45) is 0 Å². The minimum Gasteiger partial charge on any atom is -0.465 e. The van der Waals surface area contributed by atoms with Gasteiger partial charge in [0, 0.05) is 16.3 Å². The van der Waals surface area contributed by atoms with Crippen LogP contribution in [0.15, 0.2) is 42.5 Å². The summed E-state index contributed by atoms with van der Waals surface area (Å²) < 4.78 is 17.9. The van der Waals surface area contributed by atoms with Crippen molar-refractivity contribution in [1.82, 2.24) is 0 Å². The maximum Gasteiger partial charge on any atom is 0.341 e. The first-order valence-corrected chi connectivity index (χ1v) is 10.3. The van der Waals surface area contributed by atoms with Crippen LogP contribution >= 0.6 is 22.9 Å². The first kappa shape index (κ1) is 22.5. The molecule has 9 heteroatoms. The van der Waals surface area contributed by atoms with Gasteiger partial charge in [0.15, 0.2) is 0 Å². The lowest BCUT2D eigenvalue weighted by atomic mass is 10.1. The summed E-state index contributed by atoms with van der Waals surface area (Å²) in [6, 6.07) is 10.0. The van der Waals surface area contributed by atoms with Crippen LogP contribution in [0.3, 0.4) is 0 Å². The molecule has 0 aliphatic carbocycles. The third-order valence-corrected chi connectivity index (χ3v) is 6.12. The molecular formula is C22H18ClFN2O4S. The summed E-state index contributed by atoms with van der Waals surface area (Å²) in [6.45, 7) is 3.43. The zero-order valence-electron chi connectivity index (χ0n) is 16.8. The second-order valence-corrected chi connectivity index (χ2v) is 8.06. The van der Waals surface area contributed by atoms with E-state index in [0.29, 0.717) is 16.3 Å². The predicted octanol–water partition coefficient (Wildman–Crippen LogP) is 5.45. The lowest BCUT2D eigenvalue weighted by molar-refractivity contribution is 0.0601. The maximum atomic E-state index is 13.1. The van der Waals surface area contributed by atoms with E-state index in [4.69, 9.17) is 16.3 Å². The van der Waals surface area contributed by atoms with Crippen LogP contribution in [-0.2, 0) is 4.74 Å². The summed E-state index contributed by atoms with van der Waals surface area (Å²) in [4.78, 5) is 38.0. The molecule has 0 unspecified atom stereocenters. The lowest BCUT2D eigenvalue weighted by Gasteiger charge is -2.06. The summed E-state index contributed by atoms with van der Waals surface area (Å²) in [6.07, 6.45) is 0. The molecule has 2 N–H and O–H groups in total. The maximum absolute atomic E-state index is 13.1. The number of amides is 2. The molecule has 6 nitrogen and oxygen atoms in total. The molecule has 1 aromatic heterocycles. The predicted molar refractivity (Wildman–Crippen MR) is 119 cm³/mol. The van der Waals surface area contributed by atoms with Gasteiger partial charge >= 0.3 is 5.97 Å². The molecule has 0 aliphatic rings. The van der Waals surface area contributed by atoms with Crippen LogP contribution in [0.2, 0.25) is 5.02 Å². The van der Waals surface area contributed by atoms with Crippen molar-refractivity contribution in [2.45, 2.75) is 13.8 Å². The smallest absolute Gasteiger partial charge is 0.341 e. The first-order chi connectivity index (χ1) is 14.7. The highest BCUT2D eigenvalue weighted by molar-refractivity contribution is 7.19. The molecular weight excluding hydrogens is 443 g/mol. The Morgan fingerprint density at radius 3 is 2.29 bits per heavy atom. The van der Waals surface area contributed by atoms with Gasteiger partial charge in [-0.25, -0.2) is 9.18 Å². The van der Waals surface area contributed by atoms with Gasteiger partial charge < -0.3 is 15.4 Å². The van der Waals surface area contributed by atoms with Gasteiger partial charge in [0.05, 0.1) is 17.6 Å². The number of aryl methyl sites for hydroxylation is 1. The average Bonchev–Trinajstić information content (AvgIpc) is 3.06. The Bertz CT molecular complexity index is 1170. The van der Waals surface area contributed by atoms with Crippen molar-refractivity contribution in [3.63, 3.8) is 0 Å². The number of esters is 1. The number of rotatable bonds is 5. The third kappa shape index (κ3) is 4.92. The number of thiophene rings is 1. The number of carbonyl (C=O) groups is 3. The molecule has 0 radical (unpaired) electrons. The van der Waals surface area contributed by atoms with Gasteiger partial charge in [-0.1, -0.05) is 17.7 Å². The molecule has 3 rings (SSSR count). The van der Waals surface area contributed by atoms with Crippen LogP contribution in [-0.4, -0.2) is 24.9 Å². The highest BCUT2D eigenvalue weighted by Gasteiger charge is 2.26. The molecule has 160 valence electrons. The second kappa shape index (κ2) is 9.28. The van der Waals surface area contributed by atoms with Crippen LogP contribution < -0.4 is 10.6 Å². The minimum atomic E-state index is -0.694. The molecule has 0 atom stereocenters. The minimum absolute atomic E-state index is 0.0788. The van der Waals surface area contributed by atoms with E-state index < -0.39 is 23.6 Å². The Kier molecular flexibility index (Phi) is 6.72. The zero-order chi connectivity index (χ0) is 22.7. The fourth-order valence-electron chi connectivity index (χ4n) is 2.80. The van der Waals surface area contributed by atoms with Crippen molar-refractivity contribution in [3.8, 4) is 0 Å². The molecule has 2 amide bonds. The van der Waals surface area contributed by atoms with Crippen LogP contribution in [0, 0.1) is 19.7 Å². The van der Waals surface area contributed by atoms with E-state index in [1.807, 2.05) is 6.92 Å². The van der Waals surface area contributed by atoms with Crippen molar-refractivity contribution < 1.29 is 23.5 Å². The highest BCUT2D eigenvalue weighted by atomic mass is 35.5. The normalized spacial score (nSPS) is 10.5. The van der Waals surface area contributed by atoms with Crippen molar-refractivity contribution >= 4 is 51.4 Å². The van der Waals surface area contributed by atoms with Crippen LogP contribution in [0.5, 0.6) is 0 Å². The number of benzene rings is 2. The number of carbonyl (C=O) groups excluding carboxylic acids is 3. The van der Waals surface area contributed by atoms with E-state index in [-0.39, 0.29) is 21.0 Å². The van der Waals surface area contributed by atoms with Crippen molar-refractivity contribution in [1.29, 1.82) is 0 Å². The quantitative estimate of drug-likeness (QED) is 0.496. The summed E-state index contributed by atoms with van der Waals surface area (Å²) in [5.41, 5.74) is 2.00. The Morgan fingerprint density at radius 1 is 1.00 bits per heavy atom. The van der Waals surface area contributed by atoms with E-state index in [2.05, 4.69) is 10.6 Å². The standard InChI is InChI=1S/C22H18ClFN2O4S/c1-11-4-9-15(10-16(11)23)25-20(28)18-12(2)17(22(29)30-3)21(31-18)26-19(27)13-5-7-14(24)8-6-13/h4-10H,1-3H3,(H,25,28)(H,26,27). The van der Waals surface area contributed by atoms with E-state index in [0.717, 1.165) is 29.0 Å². The number of anilines is 2. The van der Waals surface area contributed by atoms with Gasteiger partial charge in [-0.05, 0) is 61.4 Å². The Morgan fingerprint density at radius 2 is 1.68 bits per heavy atom. The molecule has 1 heterocycles. The molecule has 0 bridgehead atoms. The van der Waals surface area contributed by atoms with Gasteiger partial charge in [-0.3, -0.25) is 9.59 Å². The summed E-state index contributed by atoms with van der Waals surface area (Å²) >= 11 is 7.05. The fraction of sp³-hybridized carbons (Fsp3) is 0.136. The molecule has 0 saturated carbocycles. The number of hydrogen-bond acceptors (Lipinski definition) is 5. The van der Waals surface area contributed by atoms with Gasteiger partial charge in [-0.15, -0.1) is 11.3 Å². The van der Waals surface area contributed by atoms with E-state index in [1.165, 1.54) is 19.2 Å². The van der Waals surface area contributed by atoms with Crippen LogP contribution in [0.1, 0.15) is 41.5 Å². The van der Waals surface area contributed by atoms with E-state index >= 15 is 0 Å². The summed E-state index contributed by atoms with van der Waals surface area (Å²) in [5.74, 6) is -2.19. The Labute approximate surface area is 187 Å². The fourth-order valence-corrected chi connectivity index (χ4v) is 4.07. The lowest BCUT2D eigenvalue weighted by Crippen LogP contribution is -2.14. The van der Waals surface area contributed by atoms with Gasteiger partial charge in [-0.2, -0.15) is 0 Å². The first-order valence-electron chi connectivity index (χ1n) is 9.07. The summed E-state index contributed by atoms with van der Waals surface area (Å²) in [5, 5.41) is 6.01. The topological polar surface area (TPSA) is 84.5 Å². The average molecular weight is 461 g/mol. The zero-order valence-corrected chi connectivity index (χ0v) is 18.4. The molecule has 2 aromatic carbocycles. The number of methoxy groups -OCH3 is 1. The van der Waals surface area contributed by atoms with E-state index in [1.54, 1.807) is 25.1 Å². The van der Waals surface area contributed by atoms with Crippen molar-refractivity contribution in [2.75, 3.05) is 17.7 Å². The molecule has 3 aromatic rings. The van der Waals surface area contributed by atoms with E-state index in [9.17, 15) is 18.8 Å². The Balaban J connectivity index is 1.92. The third-order valence-electron chi connectivity index (χ3n) is 4.51. The second-order valence-electron chi connectivity index (χ2n) is 6.63. The molecule has 0 fully saturated rings.